The molecule has 0 aliphatic rings. The van der Waals surface area contributed by atoms with Crippen molar-refractivity contribution in [3.63, 3.8) is 0 Å². The van der Waals surface area contributed by atoms with Gasteiger partial charge in [-0.15, -0.1) is 0 Å². The van der Waals surface area contributed by atoms with Crippen molar-refractivity contribution in [2.24, 2.45) is 0 Å². The molecule has 0 aliphatic heterocycles. The minimum absolute atomic E-state index is 0.0562. The van der Waals surface area contributed by atoms with E-state index in [0.717, 1.165) is 11.1 Å². The first kappa shape index (κ1) is 19.0. The molecule has 5 heteroatoms. The van der Waals surface area contributed by atoms with Crippen LogP contribution in [-0.2, 0) is 11.4 Å². The SMILES string of the molecule is CC(Oc1cccc(CO)c1)C(=O)NCC(c1ccccc1)N(C)C. The Balaban J connectivity index is 1.93. The van der Waals surface area contributed by atoms with Gasteiger partial charge in [0.05, 0.1) is 12.6 Å². The van der Waals surface area contributed by atoms with Crippen LogP contribution in [0.1, 0.15) is 24.1 Å². The quantitative estimate of drug-likeness (QED) is 0.773. The van der Waals surface area contributed by atoms with Gasteiger partial charge in [-0.1, -0.05) is 42.5 Å². The molecule has 134 valence electrons. The van der Waals surface area contributed by atoms with Crippen LogP contribution in [0.15, 0.2) is 54.6 Å². The Labute approximate surface area is 149 Å². The molecule has 0 aromatic heterocycles. The van der Waals surface area contributed by atoms with Gasteiger partial charge in [-0.05, 0) is 44.3 Å². The second-order valence-electron chi connectivity index (χ2n) is 6.20. The van der Waals surface area contributed by atoms with Gasteiger partial charge < -0.3 is 20.1 Å². The Bertz CT molecular complexity index is 674. The lowest BCUT2D eigenvalue weighted by Crippen LogP contribution is -2.41. The summed E-state index contributed by atoms with van der Waals surface area (Å²) in [5.41, 5.74) is 1.90. The molecule has 2 aromatic carbocycles. The maximum absolute atomic E-state index is 12.4. The summed E-state index contributed by atoms with van der Waals surface area (Å²) >= 11 is 0. The zero-order valence-electron chi connectivity index (χ0n) is 15.0. The number of amides is 1. The maximum Gasteiger partial charge on any atom is 0.260 e. The van der Waals surface area contributed by atoms with Gasteiger partial charge in [0, 0.05) is 6.54 Å². The van der Waals surface area contributed by atoms with E-state index >= 15 is 0 Å². The zero-order valence-corrected chi connectivity index (χ0v) is 15.0. The topological polar surface area (TPSA) is 61.8 Å². The van der Waals surface area contributed by atoms with Crippen molar-refractivity contribution in [2.45, 2.75) is 25.7 Å². The predicted octanol–water partition coefficient (Wildman–Crippen LogP) is 2.37. The number of hydrogen-bond acceptors (Lipinski definition) is 4. The molecule has 0 saturated carbocycles. The third-order valence-electron chi connectivity index (χ3n) is 4.04. The Morgan fingerprint density at radius 1 is 1.16 bits per heavy atom. The maximum atomic E-state index is 12.4. The number of ether oxygens (including phenoxy) is 1. The Kier molecular flexibility index (Phi) is 6.98. The highest BCUT2D eigenvalue weighted by Gasteiger charge is 2.19. The number of benzene rings is 2. The molecule has 2 N–H and O–H groups in total. The van der Waals surface area contributed by atoms with E-state index in [0.29, 0.717) is 12.3 Å². The summed E-state index contributed by atoms with van der Waals surface area (Å²) in [7, 11) is 3.98. The van der Waals surface area contributed by atoms with Crippen LogP contribution >= 0.6 is 0 Å². The van der Waals surface area contributed by atoms with Crippen molar-refractivity contribution < 1.29 is 14.6 Å². The average molecular weight is 342 g/mol. The smallest absolute Gasteiger partial charge is 0.260 e. The molecule has 0 saturated heterocycles. The van der Waals surface area contributed by atoms with Gasteiger partial charge >= 0.3 is 0 Å². The monoisotopic (exact) mass is 342 g/mol. The first-order valence-corrected chi connectivity index (χ1v) is 8.36. The summed E-state index contributed by atoms with van der Waals surface area (Å²) in [6.07, 6.45) is -0.618. The minimum atomic E-state index is -0.618. The lowest BCUT2D eigenvalue weighted by Gasteiger charge is -2.26. The van der Waals surface area contributed by atoms with E-state index in [1.807, 2.05) is 32.3 Å². The van der Waals surface area contributed by atoms with Crippen molar-refractivity contribution >= 4 is 5.91 Å². The van der Waals surface area contributed by atoms with Crippen molar-refractivity contribution in [2.75, 3.05) is 20.6 Å². The van der Waals surface area contributed by atoms with E-state index in [4.69, 9.17) is 4.74 Å². The Morgan fingerprint density at radius 2 is 1.88 bits per heavy atom. The number of hydrogen-bond donors (Lipinski definition) is 2. The number of aliphatic hydroxyl groups is 1. The number of nitrogens with zero attached hydrogens (tertiary/aromatic N) is 1. The molecule has 2 unspecified atom stereocenters. The van der Waals surface area contributed by atoms with E-state index in [2.05, 4.69) is 22.3 Å². The highest BCUT2D eigenvalue weighted by Crippen LogP contribution is 2.17. The molecule has 0 heterocycles. The summed E-state index contributed by atoms with van der Waals surface area (Å²) in [6, 6.07) is 17.3. The van der Waals surface area contributed by atoms with Crippen LogP contribution in [0.4, 0.5) is 0 Å². The van der Waals surface area contributed by atoms with Crippen LogP contribution in [-0.4, -0.2) is 42.7 Å². The van der Waals surface area contributed by atoms with Gasteiger partial charge in [0.25, 0.3) is 5.91 Å². The van der Waals surface area contributed by atoms with Gasteiger partial charge in [0.15, 0.2) is 6.10 Å². The van der Waals surface area contributed by atoms with Gasteiger partial charge in [-0.2, -0.15) is 0 Å². The third kappa shape index (κ3) is 5.59. The number of carbonyl (C=O) groups excluding carboxylic acids is 1. The average Bonchev–Trinajstić information content (AvgIpc) is 2.62. The Morgan fingerprint density at radius 3 is 2.52 bits per heavy atom. The summed E-state index contributed by atoms with van der Waals surface area (Å²) in [5.74, 6) is 0.401. The molecule has 0 spiro atoms. The second-order valence-corrected chi connectivity index (χ2v) is 6.20. The number of nitrogens with one attached hydrogen (secondary N) is 1. The molecule has 5 nitrogen and oxygen atoms in total. The first-order chi connectivity index (χ1) is 12.0. The van der Waals surface area contributed by atoms with Crippen molar-refractivity contribution in [1.82, 2.24) is 10.2 Å². The molecular weight excluding hydrogens is 316 g/mol. The number of aliphatic hydroxyl groups excluding tert-OH is 1. The van der Waals surface area contributed by atoms with Crippen LogP contribution in [0.3, 0.4) is 0 Å². The summed E-state index contributed by atoms with van der Waals surface area (Å²) in [6.45, 7) is 2.16. The fourth-order valence-electron chi connectivity index (χ4n) is 2.59. The zero-order chi connectivity index (χ0) is 18.2. The van der Waals surface area contributed by atoms with Crippen LogP contribution in [0.2, 0.25) is 0 Å². The highest BCUT2D eigenvalue weighted by atomic mass is 16.5. The van der Waals surface area contributed by atoms with Gasteiger partial charge in [0.1, 0.15) is 5.75 Å². The first-order valence-electron chi connectivity index (χ1n) is 8.36. The predicted molar refractivity (Wildman–Crippen MR) is 98.3 cm³/mol. The molecule has 0 bridgehead atoms. The number of rotatable bonds is 8. The molecule has 1 amide bonds. The summed E-state index contributed by atoms with van der Waals surface area (Å²) < 4.78 is 5.68. The fraction of sp³-hybridized carbons (Fsp3) is 0.350. The molecule has 2 atom stereocenters. The van der Waals surface area contributed by atoms with Gasteiger partial charge in [0.2, 0.25) is 0 Å². The number of likely N-dealkylation sites (N-methyl/N-ethyl adjacent to an activating group) is 1. The van der Waals surface area contributed by atoms with Crippen molar-refractivity contribution in [3.8, 4) is 5.75 Å². The molecule has 2 rings (SSSR count). The molecule has 0 aliphatic carbocycles. The van der Waals surface area contributed by atoms with Gasteiger partial charge in [-0.3, -0.25) is 4.79 Å². The van der Waals surface area contributed by atoms with Crippen LogP contribution < -0.4 is 10.1 Å². The van der Waals surface area contributed by atoms with E-state index in [1.54, 1.807) is 31.2 Å². The number of carbonyl (C=O) groups is 1. The van der Waals surface area contributed by atoms with Crippen LogP contribution in [0, 0.1) is 0 Å². The van der Waals surface area contributed by atoms with E-state index in [9.17, 15) is 9.90 Å². The summed E-state index contributed by atoms with van der Waals surface area (Å²) in [4.78, 5) is 14.4. The fourth-order valence-corrected chi connectivity index (χ4v) is 2.59. The third-order valence-corrected chi connectivity index (χ3v) is 4.04. The molecule has 0 fully saturated rings. The molecular formula is C20H26N2O3. The standard InChI is InChI=1S/C20H26N2O3/c1-15(25-18-11-7-8-16(12-18)14-23)20(24)21-13-19(22(2)3)17-9-5-4-6-10-17/h4-12,15,19,23H,13-14H2,1-3H3,(H,21,24). The second kappa shape index (κ2) is 9.20. The highest BCUT2D eigenvalue weighted by molar-refractivity contribution is 5.80. The largest absolute Gasteiger partial charge is 0.481 e. The minimum Gasteiger partial charge on any atom is -0.481 e. The van der Waals surface area contributed by atoms with E-state index in [1.165, 1.54) is 0 Å². The lowest BCUT2D eigenvalue weighted by molar-refractivity contribution is -0.127. The van der Waals surface area contributed by atoms with Crippen molar-refractivity contribution in [3.05, 3.63) is 65.7 Å². The lowest BCUT2D eigenvalue weighted by atomic mass is 10.1. The van der Waals surface area contributed by atoms with Crippen LogP contribution in [0.5, 0.6) is 5.75 Å². The van der Waals surface area contributed by atoms with E-state index < -0.39 is 6.10 Å². The molecule has 2 aromatic rings. The molecule has 25 heavy (non-hydrogen) atoms. The summed E-state index contributed by atoms with van der Waals surface area (Å²) in [5, 5.41) is 12.1. The van der Waals surface area contributed by atoms with Crippen LogP contribution in [0.25, 0.3) is 0 Å². The molecule has 0 radical (unpaired) electrons. The Hall–Kier alpha value is -2.37. The van der Waals surface area contributed by atoms with E-state index in [-0.39, 0.29) is 18.6 Å². The van der Waals surface area contributed by atoms with Gasteiger partial charge in [-0.25, -0.2) is 0 Å². The normalized spacial score (nSPS) is 13.3. The van der Waals surface area contributed by atoms with Crippen molar-refractivity contribution in [1.29, 1.82) is 0 Å².